The summed E-state index contributed by atoms with van der Waals surface area (Å²) in [6.07, 6.45) is -4.41. The lowest BCUT2D eigenvalue weighted by Gasteiger charge is -2.40. The molecule has 0 unspecified atom stereocenters. The maximum Gasteiger partial charge on any atom is 0.412 e. The van der Waals surface area contributed by atoms with Crippen LogP contribution in [0.4, 0.5) is 44.0 Å². The molecular weight excluding hydrogens is 626 g/mol. The molecule has 0 atom stereocenters. The number of hydrogen-bond donors (Lipinski definition) is 2. The second-order valence-electron chi connectivity index (χ2n) is 7.81. The number of anilines is 2. The highest BCUT2D eigenvalue weighted by Gasteiger charge is 2.65. The Morgan fingerprint density at radius 3 is 2.13 bits per heavy atom. The molecule has 2 rings (SSSR count). The molecule has 0 aliphatic rings. The van der Waals surface area contributed by atoms with E-state index in [0.29, 0.717) is 12.2 Å². The van der Waals surface area contributed by atoms with Crippen LogP contribution in [0, 0.1) is 0 Å². The number of halogens is 8. The third-order valence-electron chi connectivity index (χ3n) is 4.72. The fourth-order valence-electron chi connectivity index (χ4n) is 2.67. The van der Waals surface area contributed by atoms with Crippen molar-refractivity contribution in [2.45, 2.75) is 22.4 Å². The summed E-state index contributed by atoms with van der Waals surface area (Å²) < 4.78 is 132. The quantitative estimate of drug-likeness (QED) is 0.0880. The molecular formula is C20H23F8N3O4S4. The van der Waals surface area contributed by atoms with E-state index in [9.17, 15) is 45.8 Å². The van der Waals surface area contributed by atoms with Crippen molar-refractivity contribution >= 4 is 63.1 Å². The standard InChI is InChI=1S/C20H21F8N3O4S3.H2S/c1-13(20(21,22)23)10-11-29-19(32)17-12-15(37(3,33)34)6-9-18(17)30-35-36-31(2)14-4-7-16(8-5-14)38(24,25,26,27)28;/h4-9,12,30H,1,10-11H2,2-3H3,(H,29,32);1H2. The molecule has 0 aromatic heterocycles. The Labute approximate surface area is 230 Å². The zero-order chi connectivity index (χ0) is 29.2. The van der Waals surface area contributed by atoms with Gasteiger partial charge in [-0.05, 0) is 48.9 Å². The molecule has 19 heteroatoms. The van der Waals surface area contributed by atoms with Gasteiger partial charge in [-0.3, -0.25) is 14.6 Å². The first-order valence-electron chi connectivity index (χ1n) is 10.0. The van der Waals surface area contributed by atoms with Crippen molar-refractivity contribution in [1.29, 1.82) is 0 Å². The lowest BCUT2D eigenvalue weighted by atomic mass is 10.1. The van der Waals surface area contributed by atoms with Gasteiger partial charge in [-0.1, -0.05) is 26.0 Å². The highest BCUT2D eigenvalue weighted by atomic mass is 32.5. The first-order chi connectivity index (χ1) is 17.0. The monoisotopic (exact) mass is 649 g/mol. The first-order valence-corrected chi connectivity index (χ1v) is 14.6. The SMILES string of the molecule is C=C(CCNC(=O)c1cc(S(C)(=O)=O)ccc1NOSN(C)c1ccc(S(F)(F)(F)(F)F)cc1)C(F)(F)F.S. The molecule has 7 nitrogen and oxygen atoms in total. The molecule has 0 radical (unpaired) electrons. The minimum Gasteiger partial charge on any atom is -0.352 e. The minimum atomic E-state index is -9.84. The number of amides is 1. The van der Waals surface area contributed by atoms with Gasteiger partial charge in [-0.2, -0.15) is 31.0 Å². The predicted molar refractivity (Wildman–Crippen MR) is 141 cm³/mol. The predicted octanol–water partition coefficient (Wildman–Crippen LogP) is 7.14. The Bertz CT molecular complexity index is 1320. The van der Waals surface area contributed by atoms with Crippen LogP contribution in [0.2, 0.25) is 0 Å². The number of rotatable bonds is 11. The fraction of sp³-hybridized carbons (Fsp3) is 0.250. The molecule has 0 saturated heterocycles. The summed E-state index contributed by atoms with van der Waals surface area (Å²) in [4.78, 5) is 10.2. The average molecular weight is 650 g/mol. The second kappa shape index (κ2) is 11.3. The van der Waals surface area contributed by atoms with E-state index in [1.807, 2.05) is 0 Å². The highest BCUT2D eigenvalue weighted by molar-refractivity contribution is 8.45. The molecule has 222 valence electrons. The summed E-state index contributed by atoms with van der Waals surface area (Å²) in [6.45, 7) is 2.41. The molecule has 0 aliphatic carbocycles. The van der Waals surface area contributed by atoms with Crippen LogP contribution in [0.5, 0.6) is 0 Å². The van der Waals surface area contributed by atoms with Crippen LogP contribution in [0.15, 0.2) is 64.4 Å². The van der Waals surface area contributed by atoms with Gasteiger partial charge in [-0.25, -0.2) is 8.42 Å². The number of nitrogens with one attached hydrogen (secondary N) is 2. The summed E-state index contributed by atoms with van der Waals surface area (Å²) >= 11 is 0.467. The first kappa shape index (κ1) is 34.7. The molecule has 0 aliphatic heterocycles. The maximum absolute atomic E-state index is 12.9. The normalized spacial score (nSPS) is 13.9. The van der Waals surface area contributed by atoms with Crippen LogP contribution in [-0.4, -0.2) is 40.3 Å². The van der Waals surface area contributed by atoms with E-state index in [2.05, 4.69) is 17.4 Å². The number of sulfone groups is 1. The molecule has 2 N–H and O–H groups in total. The van der Waals surface area contributed by atoms with Crippen molar-refractivity contribution in [3.63, 3.8) is 0 Å². The lowest BCUT2D eigenvalue weighted by molar-refractivity contribution is -0.0934. The third kappa shape index (κ3) is 10.3. The van der Waals surface area contributed by atoms with Gasteiger partial charge >= 0.3 is 16.4 Å². The van der Waals surface area contributed by atoms with Crippen LogP contribution < -0.4 is 15.1 Å². The van der Waals surface area contributed by atoms with Crippen LogP contribution >= 0.6 is 35.9 Å². The smallest absolute Gasteiger partial charge is 0.352 e. The summed E-state index contributed by atoms with van der Waals surface area (Å²) in [5.41, 5.74) is 0.838. The van der Waals surface area contributed by atoms with Crippen molar-refractivity contribution in [1.82, 2.24) is 5.32 Å². The molecule has 0 bridgehead atoms. The Morgan fingerprint density at radius 1 is 1.08 bits per heavy atom. The topological polar surface area (TPSA) is 87.7 Å². The number of benzene rings is 2. The van der Waals surface area contributed by atoms with Gasteiger partial charge < -0.3 is 5.32 Å². The van der Waals surface area contributed by atoms with Gasteiger partial charge in [0, 0.05) is 31.1 Å². The van der Waals surface area contributed by atoms with Crippen molar-refractivity contribution in [3.8, 4) is 0 Å². The third-order valence-corrected chi connectivity index (χ3v) is 7.59. The summed E-state index contributed by atoms with van der Waals surface area (Å²) in [5, 5.41) is 2.21. The number of carbonyl (C=O) groups excluding carboxylic acids is 1. The largest absolute Gasteiger partial charge is 0.412 e. The van der Waals surface area contributed by atoms with Gasteiger partial charge in [0.2, 0.25) is 0 Å². The summed E-state index contributed by atoms with van der Waals surface area (Å²) in [7, 11) is -12.3. The summed E-state index contributed by atoms with van der Waals surface area (Å²) in [6, 6.07) is 5.20. The average Bonchev–Trinajstić information content (AvgIpc) is 2.76. The van der Waals surface area contributed by atoms with E-state index < -0.39 is 55.6 Å². The van der Waals surface area contributed by atoms with Gasteiger partial charge in [-0.15, -0.1) is 0 Å². The van der Waals surface area contributed by atoms with E-state index in [0.717, 1.165) is 40.9 Å². The van der Waals surface area contributed by atoms with E-state index >= 15 is 0 Å². The molecule has 2 aromatic rings. The summed E-state index contributed by atoms with van der Waals surface area (Å²) in [5.74, 6) is -0.943. The zero-order valence-electron chi connectivity index (χ0n) is 20.0. The van der Waals surface area contributed by atoms with Crippen LogP contribution in [0.25, 0.3) is 0 Å². The van der Waals surface area contributed by atoms with Crippen LogP contribution in [0.3, 0.4) is 0 Å². The van der Waals surface area contributed by atoms with Gasteiger partial charge in [0.15, 0.2) is 9.84 Å². The van der Waals surface area contributed by atoms with E-state index in [-0.39, 0.29) is 47.5 Å². The van der Waals surface area contributed by atoms with Crippen LogP contribution in [-0.2, 0) is 14.1 Å². The Kier molecular flexibility index (Phi) is 10.0. The maximum atomic E-state index is 12.9. The minimum absolute atomic E-state index is 0. The van der Waals surface area contributed by atoms with Gasteiger partial charge in [0.25, 0.3) is 5.91 Å². The molecule has 0 saturated carbocycles. The molecule has 2 aromatic carbocycles. The lowest BCUT2D eigenvalue weighted by Crippen LogP contribution is -2.27. The van der Waals surface area contributed by atoms with Crippen molar-refractivity contribution in [2.24, 2.45) is 0 Å². The van der Waals surface area contributed by atoms with E-state index in [4.69, 9.17) is 4.28 Å². The van der Waals surface area contributed by atoms with Gasteiger partial charge in [0.05, 0.1) is 16.1 Å². The molecule has 1 amide bonds. The van der Waals surface area contributed by atoms with Crippen molar-refractivity contribution < 1.29 is 50.1 Å². The number of hydrogen-bond acceptors (Lipinski definition) is 7. The molecule has 0 spiro atoms. The molecule has 39 heavy (non-hydrogen) atoms. The number of nitrogens with zero attached hydrogens (tertiary/aromatic N) is 1. The molecule has 0 fully saturated rings. The number of alkyl halides is 3. The zero-order valence-corrected chi connectivity index (χ0v) is 23.4. The fourth-order valence-corrected chi connectivity index (χ4v) is 4.41. The van der Waals surface area contributed by atoms with Crippen molar-refractivity contribution in [2.75, 3.05) is 29.6 Å². The van der Waals surface area contributed by atoms with Crippen LogP contribution in [0.1, 0.15) is 16.8 Å². The van der Waals surface area contributed by atoms with Gasteiger partial charge in [0.1, 0.15) is 17.1 Å². The highest BCUT2D eigenvalue weighted by Crippen LogP contribution is 3.02. The van der Waals surface area contributed by atoms with E-state index in [1.165, 1.54) is 7.05 Å². The van der Waals surface area contributed by atoms with E-state index in [1.54, 1.807) is 0 Å². The Hall–Kier alpha value is -2.35. The molecule has 0 heterocycles. The second-order valence-corrected chi connectivity index (χ2v) is 13.1. The van der Waals surface area contributed by atoms with Crippen molar-refractivity contribution in [3.05, 3.63) is 60.2 Å². The Morgan fingerprint density at radius 2 is 1.64 bits per heavy atom. The Balaban J connectivity index is 0.00000760. The number of carbonyl (C=O) groups is 1.